The van der Waals surface area contributed by atoms with Gasteiger partial charge in [0.1, 0.15) is 0 Å². The first-order chi connectivity index (χ1) is 19.4. The van der Waals surface area contributed by atoms with Crippen LogP contribution in [0.25, 0.3) is 10.8 Å². The summed E-state index contributed by atoms with van der Waals surface area (Å²) < 4.78 is 0. The normalized spacial score (nSPS) is 29.5. The molecule has 40 heavy (non-hydrogen) atoms. The number of nitrogens with one attached hydrogen (secondary N) is 3. The number of benzene rings is 2. The lowest BCUT2D eigenvalue weighted by molar-refractivity contribution is -0.136. The van der Waals surface area contributed by atoms with Crippen molar-refractivity contribution >= 4 is 28.5 Å². The minimum atomic E-state index is -0.284. The number of fused-ring (bicyclic) bond motifs is 2. The maximum atomic E-state index is 13.9. The van der Waals surface area contributed by atoms with Crippen LogP contribution < -0.4 is 21.7 Å². The van der Waals surface area contributed by atoms with Gasteiger partial charge in [-0.2, -0.15) is 0 Å². The van der Waals surface area contributed by atoms with Gasteiger partial charge in [-0.05, 0) is 79.7 Å². The molecule has 4 bridgehead atoms. The number of hydrogen-bond acceptors (Lipinski definition) is 4. The minimum absolute atomic E-state index is 0.0206. The lowest BCUT2D eigenvalue weighted by Crippen LogP contribution is -2.57. The van der Waals surface area contributed by atoms with E-state index in [2.05, 4.69) is 31.9 Å². The van der Waals surface area contributed by atoms with E-state index < -0.39 is 0 Å². The van der Waals surface area contributed by atoms with Gasteiger partial charge < -0.3 is 26.6 Å². The fourth-order valence-corrected chi connectivity index (χ4v) is 7.75. The van der Waals surface area contributed by atoms with Crippen molar-refractivity contribution in [3.63, 3.8) is 0 Å². The second-order valence-electron chi connectivity index (χ2n) is 12.3. The zero-order valence-electron chi connectivity index (χ0n) is 23.5. The molecular formula is C32H42N6O2. The summed E-state index contributed by atoms with van der Waals surface area (Å²) in [4.78, 5) is 33.0. The van der Waals surface area contributed by atoms with Crippen LogP contribution in [0.3, 0.4) is 0 Å². The number of nitrogens with two attached hydrogens (primary N) is 1. The number of nitrogens with zero attached hydrogens (tertiary/aromatic N) is 2. The van der Waals surface area contributed by atoms with E-state index in [9.17, 15) is 9.59 Å². The average Bonchev–Trinajstić information content (AvgIpc) is 3.11. The van der Waals surface area contributed by atoms with Gasteiger partial charge in [0, 0.05) is 50.2 Å². The summed E-state index contributed by atoms with van der Waals surface area (Å²) in [7, 11) is 1.66. The van der Waals surface area contributed by atoms with Crippen molar-refractivity contribution in [2.24, 2.45) is 28.0 Å². The monoisotopic (exact) mass is 542 g/mol. The topological polar surface area (TPSA) is 112 Å². The smallest absolute Gasteiger partial charge is 0.251 e. The SMILES string of the molecule is CN=C(N)NCCCC1NC(CNC(=O)c2ccc3ccccc3c2)CCN(CC23CC4CC=C2C(C4)C3)C1=O. The van der Waals surface area contributed by atoms with Gasteiger partial charge in [-0.15, -0.1) is 0 Å². The van der Waals surface area contributed by atoms with E-state index in [-0.39, 0.29) is 29.3 Å². The van der Waals surface area contributed by atoms with E-state index in [1.807, 2.05) is 42.5 Å². The molecule has 2 amide bonds. The second-order valence-corrected chi connectivity index (χ2v) is 12.3. The van der Waals surface area contributed by atoms with Crippen molar-refractivity contribution in [1.29, 1.82) is 0 Å². The van der Waals surface area contributed by atoms with Crippen LogP contribution >= 0.6 is 0 Å². The van der Waals surface area contributed by atoms with Crippen molar-refractivity contribution in [3.8, 4) is 0 Å². The van der Waals surface area contributed by atoms with E-state index in [0.717, 1.165) is 48.5 Å². The molecule has 5 unspecified atom stereocenters. The summed E-state index contributed by atoms with van der Waals surface area (Å²) in [5, 5.41) is 12.0. The molecule has 0 aromatic heterocycles. The average molecular weight is 543 g/mol. The molecule has 212 valence electrons. The molecule has 8 nitrogen and oxygen atoms in total. The molecule has 0 spiro atoms. The Hall–Kier alpha value is -3.39. The highest BCUT2D eigenvalue weighted by Gasteiger charge is 2.57. The molecule has 2 saturated carbocycles. The summed E-state index contributed by atoms with van der Waals surface area (Å²) in [6.07, 6.45) is 9.85. The maximum absolute atomic E-state index is 13.9. The first kappa shape index (κ1) is 26.8. The van der Waals surface area contributed by atoms with Crippen LogP contribution in [-0.2, 0) is 4.79 Å². The predicted molar refractivity (Wildman–Crippen MR) is 159 cm³/mol. The van der Waals surface area contributed by atoms with Gasteiger partial charge in [0.25, 0.3) is 5.91 Å². The molecule has 4 aliphatic carbocycles. The quantitative estimate of drug-likeness (QED) is 0.168. The minimum Gasteiger partial charge on any atom is -0.370 e. The zero-order valence-corrected chi connectivity index (χ0v) is 23.5. The van der Waals surface area contributed by atoms with Crippen LogP contribution in [0.1, 0.15) is 55.3 Å². The van der Waals surface area contributed by atoms with Crippen molar-refractivity contribution in [1.82, 2.24) is 20.9 Å². The van der Waals surface area contributed by atoms with Crippen molar-refractivity contribution in [2.75, 3.05) is 33.2 Å². The molecule has 5 atom stereocenters. The van der Waals surface area contributed by atoms with E-state index in [4.69, 9.17) is 5.73 Å². The Kier molecular flexibility index (Phi) is 7.53. The largest absolute Gasteiger partial charge is 0.370 e. The summed E-state index contributed by atoms with van der Waals surface area (Å²) in [5.74, 6) is 2.08. The first-order valence-corrected chi connectivity index (χ1v) is 14.9. The molecule has 1 aliphatic heterocycles. The van der Waals surface area contributed by atoms with Crippen LogP contribution in [0.4, 0.5) is 0 Å². The third-order valence-electron chi connectivity index (χ3n) is 9.68. The number of guanidine groups is 1. The molecule has 2 aromatic carbocycles. The molecule has 7 rings (SSSR count). The van der Waals surface area contributed by atoms with E-state index in [1.165, 1.54) is 25.7 Å². The highest BCUT2D eigenvalue weighted by molar-refractivity contribution is 5.98. The molecule has 3 fully saturated rings. The van der Waals surface area contributed by atoms with Crippen molar-refractivity contribution < 1.29 is 9.59 Å². The Labute approximate surface area is 236 Å². The maximum Gasteiger partial charge on any atom is 0.251 e. The van der Waals surface area contributed by atoms with Gasteiger partial charge in [-0.1, -0.05) is 42.0 Å². The third kappa shape index (κ3) is 5.33. The number of allylic oxidation sites excluding steroid dienone is 1. The van der Waals surface area contributed by atoms with Crippen LogP contribution in [0.5, 0.6) is 0 Å². The van der Waals surface area contributed by atoms with Crippen LogP contribution in [0.15, 0.2) is 59.1 Å². The van der Waals surface area contributed by atoms with E-state index >= 15 is 0 Å². The van der Waals surface area contributed by atoms with Crippen LogP contribution in [0.2, 0.25) is 0 Å². The number of aliphatic imine (C=N–C) groups is 1. The first-order valence-electron chi connectivity index (χ1n) is 14.9. The molecule has 2 aromatic rings. The number of rotatable bonds is 9. The Morgan fingerprint density at radius 2 is 2.02 bits per heavy atom. The molecule has 8 heteroatoms. The molecular weight excluding hydrogens is 500 g/mol. The second kappa shape index (κ2) is 11.2. The highest BCUT2D eigenvalue weighted by atomic mass is 16.2. The van der Waals surface area contributed by atoms with E-state index in [0.29, 0.717) is 31.0 Å². The standard InChI is InChI=1S/C32H42N6O2/c1-34-31(33)35-13-4-7-28-30(40)38(20-32-17-21-8-11-27(32)25(15-21)18-32)14-12-26(37-28)19-36-29(39)24-10-9-22-5-2-3-6-23(22)16-24/h2-3,5-6,9-11,16,21,25-26,28,37H,4,7-8,12-15,17-20H2,1H3,(H,36,39)(H3,33,34,35). The lowest BCUT2D eigenvalue weighted by atomic mass is 9.45. The fourth-order valence-electron chi connectivity index (χ4n) is 7.75. The van der Waals surface area contributed by atoms with Gasteiger partial charge >= 0.3 is 0 Å². The molecule has 1 heterocycles. The Morgan fingerprint density at radius 3 is 2.80 bits per heavy atom. The third-order valence-corrected chi connectivity index (χ3v) is 9.68. The Balaban J connectivity index is 1.11. The summed E-state index contributed by atoms with van der Waals surface area (Å²) in [5.41, 5.74) is 8.29. The van der Waals surface area contributed by atoms with Crippen molar-refractivity contribution in [3.05, 3.63) is 59.7 Å². The lowest BCUT2D eigenvalue weighted by Gasteiger charge is -2.61. The van der Waals surface area contributed by atoms with Gasteiger partial charge in [-0.3, -0.25) is 14.6 Å². The molecule has 0 radical (unpaired) electrons. The van der Waals surface area contributed by atoms with Gasteiger partial charge in [0.05, 0.1) is 6.04 Å². The Morgan fingerprint density at radius 1 is 1.18 bits per heavy atom. The fraction of sp³-hybridized carbons (Fsp3) is 0.531. The number of carbonyl (C=O) groups is 2. The highest BCUT2D eigenvalue weighted by Crippen LogP contribution is 2.65. The van der Waals surface area contributed by atoms with Crippen LogP contribution in [0, 0.1) is 17.3 Å². The van der Waals surface area contributed by atoms with E-state index in [1.54, 1.807) is 12.6 Å². The summed E-state index contributed by atoms with van der Waals surface area (Å²) in [6, 6.07) is 13.6. The van der Waals surface area contributed by atoms with Gasteiger partial charge in [0.15, 0.2) is 5.96 Å². The van der Waals surface area contributed by atoms with Crippen molar-refractivity contribution in [2.45, 2.75) is 57.0 Å². The Bertz CT molecular complexity index is 1340. The molecule has 5 N–H and O–H groups in total. The number of hydrogen-bond donors (Lipinski definition) is 4. The zero-order chi connectivity index (χ0) is 27.7. The predicted octanol–water partition coefficient (Wildman–Crippen LogP) is 3.19. The summed E-state index contributed by atoms with van der Waals surface area (Å²) >= 11 is 0. The molecule has 1 saturated heterocycles. The number of carbonyl (C=O) groups excluding carboxylic acids is 2. The number of amides is 2. The van der Waals surface area contributed by atoms with Gasteiger partial charge in [0.2, 0.25) is 5.91 Å². The molecule has 5 aliphatic rings. The van der Waals surface area contributed by atoms with Gasteiger partial charge in [-0.25, -0.2) is 0 Å². The van der Waals surface area contributed by atoms with Crippen LogP contribution in [-0.4, -0.2) is 68.0 Å². The summed E-state index contributed by atoms with van der Waals surface area (Å²) in [6.45, 7) is 2.71.